The third kappa shape index (κ3) is 3.39. The number of hydrogen-bond donors (Lipinski definition) is 0. The molecule has 6 nitrogen and oxygen atoms in total. The summed E-state index contributed by atoms with van der Waals surface area (Å²) in [6.07, 6.45) is 1.01. The normalized spacial score (nSPS) is 16.3. The molecule has 6 heteroatoms. The first-order valence-corrected chi connectivity index (χ1v) is 9.12. The van der Waals surface area contributed by atoms with Gasteiger partial charge in [0.05, 0.1) is 12.7 Å². The van der Waals surface area contributed by atoms with Gasteiger partial charge in [-0.1, -0.05) is 12.1 Å². The highest BCUT2D eigenvalue weighted by molar-refractivity contribution is 5.88. The fraction of sp³-hybridized carbons (Fsp3) is 0.273. The lowest BCUT2D eigenvalue weighted by Gasteiger charge is -2.12. The minimum atomic E-state index is -0.514. The van der Waals surface area contributed by atoms with E-state index < -0.39 is 17.7 Å². The van der Waals surface area contributed by atoms with Gasteiger partial charge in [0.25, 0.3) is 0 Å². The van der Waals surface area contributed by atoms with E-state index in [1.54, 1.807) is 37.4 Å². The number of hydrogen-bond acceptors (Lipinski definition) is 6. The SMILES string of the molecule is COc1ccc(-c2c(C)c3cc(OC(=O)C4CCCO4)ccc3oc2=O)cc1. The summed E-state index contributed by atoms with van der Waals surface area (Å²) in [6, 6.07) is 12.2. The third-order valence-electron chi connectivity index (χ3n) is 4.93. The average Bonchev–Trinajstić information content (AvgIpc) is 3.24. The van der Waals surface area contributed by atoms with Gasteiger partial charge in [0, 0.05) is 12.0 Å². The van der Waals surface area contributed by atoms with Crippen LogP contribution in [0.3, 0.4) is 0 Å². The first kappa shape index (κ1) is 18.3. The number of methoxy groups -OCH3 is 1. The van der Waals surface area contributed by atoms with Crippen LogP contribution < -0.4 is 15.1 Å². The molecule has 0 aliphatic carbocycles. The Bertz CT molecular complexity index is 1070. The highest BCUT2D eigenvalue weighted by Crippen LogP contribution is 2.30. The number of fused-ring (bicyclic) bond motifs is 1. The Kier molecular flexibility index (Phi) is 4.88. The Balaban J connectivity index is 1.73. The van der Waals surface area contributed by atoms with Crippen LogP contribution in [-0.2, 0) is 9.53 Å². The van der Waals surface area contributed by atoms with Gasteiger partial charge >= 0.3 is 11.6 Å². The topological polar surface area (TPSA) is 75.0 Å². The smallest absolute Gasteiger partial charge is 0.344 e. The fourth-order valence-electron chi connectivity index (χ4n) is 3.43. The van der Waals surface area contributed by atoms with Gasteiger partial charge in [-0.15, -0.1) is 0 Å². The second kappa shape index (κ2) is 7.48. The maximum Gasteiger partial charge on any atom is 0.344 e. The Morgan fingerprint density at radius 1 is 1.11 bits per heavy atom. The summed E-state index contributed by atoms with van der Waals surface area (Å²) in [6.45, 7) is 2.43. The van der Waals surface area contributed by atoms with Gasteiger partial charge in [-0.3, -0.25) is 0 Å². The number of esters is 1. The van der Waals surface area contributed by atoms with Crippen LogP contribution in [-0.4, -0.2) is 25.8 Å². The Morgan fingerprint density at radius 3 is 2.54 bits per heavy atom. The van der Waals surface area contributed by atoms with Crippen LogP contribution in [0.25, 0.3) is 22.1 Å². The molecule has 0 saturated carbocycles. The van der Waals surface area contributed by atoms with E-state index in [1.165, 1.54) is 0 Å². The van der Waals surface area contributed by atoms with Crippen LogP contribution >= 0.6 is 0 Å². The highest BCUT2D eigenvalue weighted by atomic mass is 16.6. The van der Waals surface area contributed by atoms with E-state index in [4.69, 9.17) is 18.6 Å². The largest absolute Gasteiger partial charge is 0.497 e. The zero-order valence-corrected chi connectivity index (χ0v) is 15.7. The number of carbonyl (C=O) groups is 1. The molecule has 1 atom stereocenters. The number of aryl methyl sites for hydroxylation is 1. The first-order valence-electron chi connectivity index (χ1n) is 9.12. The van der Waals surface area contributed by atoms with Gasteiger partial charge in [0.1, 0.15) is 17.1 Å². The van der Waals surface area contributed by atoms with Crippen LogP contribution in [0.15, 0.2) is 51.7 Å². The molecular weight excluding hydrogens is 360 g/mol. The van der Waals surface area contributed by atoms with Crippen LogP contribution in [0.1, 0.15) is 18.4 Å². The van der Waals surface area contributed by atoms with E-state index in [-0.39, 0.29) is 0 Å². The van der Waals surface area contributed by atoms with Crippen LogP contribution in [0.4, 0.5) is 0 Å². The van der Waals surface area contributed by atoms with Gasteiger partial charge < -0.3 is 18.6 Å². The molecule has 3 aromatic rings. The van der Waals surface area contributed by atoms with E-state index in [0.717, 1.165) is 17.5 Å². The summed E-state index contributed by atoms with van der Waals surface area (Å²) in [5.41, 5.74) is 1.98. The molecule has 0 N–H and O–H groups in total. The van der Waals surface area contributed by atoms with E-state index >= 15 is 0 Å². The molecule has 0 radical (unpaired) electrons. The Hall–Kier alpha value is -3.12. The first-order chi connectivity index (χ1) is 13.6. The fourth-order valence-corrected chi connectivity index (χ4v) is 3.43. The molecule has 1 aliphatic heterocycles. The van der Waals surface area contributed by atoms with Crippen molar-refractivity contribution in [1.82, 2.24) is 0 Å². The minimum absolute atomic E-state index is 0.394. The number of ether oxygens (including phenoxy) is 3. The average molecular weight is 380 g/mol. The molecule has 1 aliphatic rings. The van der Waals surface area contributed by atoms with Crippen LogP contribution in [0, 0.1) is 6.92 Å². The van der Waals surface area contributed by atoms with Gasteiger partial charge in [0.15, 0.2) is 6.10 Å². The van der Waals surface area contributed by atoms with Crippen molar-refractivity contribution in [2.75, 3.05) is 13.7 Å². The molecule has 1 saturated heterocycles. The molecule has 28 heavy (non-hydrogen) atoms. The van der Waals surface area contributed by atoms with Crippen molar-refractivity contribution in [2.24, 2.45) is 0 Å². The van der Waals surface area contributed by atoms with Crippen molar-refractivity contribution in [3.63, 3.8) is 0 Å². The van der Waals surface area contributed by atoms with Crippen LogP contribution in [0.2, 0.25) is 0 Å². The molecule has 0 amide bonds. The molecule has 4 rings (SSSR count). The maximum atomic E-state index is 12.5. The molecule has 1 aromatic heterocycles. The number of rotatable bonds is 4. The summed E-state index contributed by atoms with van der Waals surface area (Å²) >= 11 is 0. The zero-order chi connectivity index (χ0) is 19.7. The third-order valence-corrected chi connectivity index (χ3v) is 4.93. The van der Waals surface area contributed by atoms with Crippen molar-refractivity contribution in [3.8, 4) is 22.6 Å². The molecule has 0 bridgehead atoms. The second-order valence-electron chi connectivity index (χ2n) is 6.70. The zero-order valence-electron chi connectivity index (χ0n) is 15.7. The monoisotopic (exact) mass is 380 g/mol. The van der Waals surface area contributed by atoms with Crippen molar-refractivity contribution >= 4 is 16.9 Å². The molecule has 2 aromatic carbocycles. The summed E-state index contributed by atoms with van der Waals surface area (Å²) in [7, 11) is 1.59. The number of carbonyl (C=O) groups excluding carboxylic acids is 1. The lowest BCUT2D eigenvalue weighted by molar-refractivity contribution is -0.144. The molecule has 1 fully saturated rings. The van der Waals surface area contributed by atoms with Gasteiger partial charge in [-0.25, -0.2) is 9.59 Å². The molecular formula is C22H20O6. The second-order valence-corrected chi connectivity index (χ2v) is 6.70. The van der Waals surface area contributed by atoms with E-state index in [2.05, 4.69) is 0 Å². The van der Waals surface area contributed by atoms with Gasteiger partial charge in [0.2, 0.25) is 0 Å². The van der Waals surface area contributed by atoms with E-state index in [1.807, 2.05) is 19.1 Å². The summed E-state index contributed by atoms with van der Waals surface area (Å²) in [4.78, 5) is 24.8. The minimum Gasteiger partial charge on any atom is -0.497 e. The highest BCUT2D eigenvalue weighted by Gasteiger charge is 2.25. The Morgan fingerprint density at radius 2 is 1.86 bits per heavy atom. The predicted molar refractivity (Wildman–Crippen MR) is 104 cm³/mol. The molecule has 2 heterocycles. The van der Waals surface area contributed by atoms with E-state index in [9.17, 15) is 9.59 Å². The summed E-state index contributed by atoms with van der Waals surface area (Å²) in [5, 5.41) is 0.711. The van der Waals surface area contributed by atoms with E-state index in [0.29, 0.717) is 41.1 Å². The predicted octanol–water partition coefficient (Wildman–Crippen LogP) is 3.86. The number of benzene rings is 2. The van der Waals surface area contributed by atoms with Crippen molar-refractivity contribution in [1.29, 1.82) is 0 Å². The van der Waals surface area contributed by atoms with Gasteiger partial charge in [-0.05, 0) is 61.2 Å². The standard InChI is InChI=1S/C22H20O6/c1-13-17-12-16(27-21(23)19-4-3-11-26-19)9-10-18(17)28-22(24)20(13)14-5-7-15(25-2)8-6-14/h5-10,12,19H,3-4,11H2,1-2H3. The van der Waals surface area contributed by atoms with Crippen molar-refractivity contribution < 1.29 is 23.4 Å². The molecule has 1 unspecified atom stereocenters. The quantitative estimate of drug-likeness (QED) is 0.389. The van der Waals surface area contributed by atoms with Crippen molar-refractivity contribution in [3.05, 3.63) is 58.4 Å². The summed E-state index contributed by atoms with van der Waals surface area (Å²) in [5.74, 6) is 0.697. The lowest BCUT2D eigenvalue weighted by atomic mass is 9.99. The Labute approximate surface area is 161 Å². The van der Waals surface area contributed by atoms with Crippen molar-refractivity contribution in [2.45, 2.75) is 25.9 Å². The molecule has 144 valence electrons. The van der Waals surface area contributed by atoms with Gasteiger partial charge in [-0.2, -0.15) is 0 Å². The van der Waals surface area contributed by atoms with Crippen LogP contribution in [0.5, 0.6) is 11.5 Å². The summed E-state index contributed by atoms with van der Waals surface area (Å²) < 4.78 is 21.5. The molecule has 0 spiro atoms. The lowest BCUT2D eigenvalue weighted by Crippen LogP contribution is -2.24. The maximum absolute atomic E-state index is 12.5.